The highest BCUT2D eigenvalue weighted by molar-refractivity contribution is 5.95. The molecule has 0 amide bonds. The van der Waals surface area contributed by atoms with Gasteiger partial charge in [0, 0.05) is 36.5 Å². The molecule has 0 aliphatic carbocycles. The van der Waals surface area contributed by atoms with Crippen LogP contribution < -0.4 is 18.9 Å². The summed E-state index contributed by atoms with van der Waals surface area (Å²) in [7, 11) is 8.34. The van der Waals surface area contributed by atoms with Gasteiger partial charge in [-0.15, -0.1) is 0 Å². The molecule has 0 unspecified atom stereocenters. The van der Waals surface area contributed by atoms with Gasteiger partial charge < -0.3 is 23.5 Å². The maximum Gasteiger partial charge on any atom is 0.162 e. The number of ether oxygens (including phenoxy) is 4. The van der Waals surface area contributed by atoms with Gasteiger partial charge in [-0.1, -0.05) is 0 Å². The van der Waals surface area contributed by atoms with Crippen LogP contribution >= 0.6 is 0 Å². The summed E-state index contributed by atoms with van der Waals surface area (Å²) in [4.78, 5) is 13.9. The molecule has 0 saturated carbocycles. The third-order valence-electron chi connectivity index (χ3n) is 5.12. The third kappa shape index (κ3) is 3.94. The van der Waals surface area contributed by atoms with E-state index < -0.39 is 0 Å². The molecule has 2 heterocycles. The molecule has 0 aliphatic rings. The van der Waals surface area contributed by atoms with Gasteiger partial charge in [0.15, 0.2) is 28.8 Å². The van der Waals surface area contributed by atoms with E-state index in [4.69, 9.17) is 28.9 Å². The first kappa shape index (κ1) is 21.2. The molecule has 0 N–H and O–H groups in total. The van der Waals surface area contributed by atoms with E-state index in [0.29, 0.717) is 28.8 Å². The largest absolute Gasteiger partial charge is 0.493 e. The van der Waals surface area contributed by atoms with Crippen molar-refractivity contribution in [1.82, 2.24) is 19.5 Å². The van der Waals surface area contributed by atoms with Gasteiger partial charge in [0.05, 0.1) is 39.6 Å². The van der Waals surface area contributed by atoms with Crippen molar-refractivity contribution in [2.45, 2.75) is 0 Å². The van der Waals surface area contributed by atoms with E-state index in [1.807, 2.05) is 60.3 Å². The molecule has 0 bridgehead atoms. The van der Waals surface area contributed by atoms with Gasteiger partial charge in [-0.25, -0.2) is 15.0 Å². The van der Waals surface area contributed by atoms with Crippen molar-refractivity contribution < 1.29 is 18.9 Å². The van der Waals surface area contributed by atoms with Crippen LogP contribution in [0.15, 0.2) is 42.7 Å². The maximum absolute atomic E-state index is 5.51. The summed E-state index contributed by atoms with van der Waals surface area (Å²) in [6, 6.07) is 9.41. The predicted octanol–water partition coefficient (Wildman–Crippen LogP) is 4.24. The van der Waals surface area contributed by atoms with Crippen LogP contribution in [0.2, 0.25) is 0 Å². The molecular formula is C24H24N4O4. The van der Waals surface area contributed by atoms with Crippen LogP contribution in [0.5, 0.6) is 23.0 Å². The standard InChI is InChI=1S/C24H24N4O4/c1-28-11-10-25-23(28)9-8-22-26-17-14-21(32-5)20(31-4)13-16(17)24(27-22)15-6-7-18(29-2)19(12-15)30-3/h6-14H,1-5H3/b9-8-. The fourth-order valence-electron chi connectivity index (χ4n) is 3.44. The van der Waals surface area contributed by atoms with Gasteiger partial charge in [0.2, 0.25) is 0 Å². The summed E-state index contributed by atoms with van der Waals surface area (Å²) in [6.07, 6.45) is 7.34. The lowest BCUT2D eigenvalue weighted by atomic mass is 10.0. The fourth-order valence-corrected chi connectivity index (χ4v) is 3.44. The second-order valence-corrected chi connectivity index (χ2v) is 6.95. The smallest absolute Gasteiger partial charge is 0.162 e. The Bertz CT molecular complexity index is 1300. The molecule has 0 radical (unpaired) electrons. The fraction of sp³-hybridized carbons (Fsp3) is 0.208. The summed E-state index contributed by atoms with van der Waals surface area (Å²) in [5.41, 5.74) is 2.31. The zero-order chi connectivity index (χ0) is 22.7. The highest BCUT2D eigenvalue weighted by Crippen LogP contribution is 2.38. The average Bonchev–Trinajstić information content (AvgIpc) is 3.25. The number of fused-ring (bicyclic) bond motifs is 1. The Morgan fingerprint density at radius 1 is 0.781 bits per heavy atom. The number of imidazole rings is 1. The number of benzene rings is 2. The summed E-state index contributed by atoms with van der Waals surface area (Å²) in [5.74, 6) is 3.79. The van der Waals surface area contributed by atoms with Crippen LogP contribution in [0.3, 0.4) is 0 Å². The Morgan fingerprint density at radius 2 is 1.47 bits per heavy atom. The topological polar surface area (TPSA) is 80.5 Å². The van der Waals surface area contributed by atoms with E-state index in [1.54, 1.807) is 34.6 Å². The van der Waals surface area contributed by atoms with Crippen LogP contribution in [0, 0.1) is 0 Å². The predicted molar refractivity (Wildman–Crippen MR) is 123 cm³/mol. The van der Waals surface area contributed by atoms with Crippen molar-refractivity contribution >= 4 is 23.1 Å². The summed E-state index contributed by atoms with van der Waals surface area (Å²) in [6.45, 7) is 0. The van der Waals surface area contributed by atoms with Gasteiger partial charge in [-0.05, 0) is 36.4 Å². The second kappa shape index (κ2) is 8.97. The molecule has 4 aromatic rings. The van der Waals surface area contributed by atoms with Crippen molar-refractivity contribution in [3.05, 3.63) is 54.4 Å². The van der Waals surface area contributed by atoms with Gasteiger partial charge >= 0.3 is 0 Å². The van der Waals surface area contributed by atoms with Crippen molar-refractivity contribution in [1.29, 1.82) is 0 Å². The Labute approximate surface area is 186 Å². The van der Waals surface area contributed by atoms with Gasteiger partial charge in [0.25, 0.3) is 0 Å². The first-order chi connectivity index (χ1) is 15.6. The zero-order valence-corrected chi connectivity index (χ0v) is 18.6. The molecule has 2 aromatic carbocycles. The minimum absolute atomic E-state index is 0.539. The number of rotatable bonds is 7. The molecule has 4 rings (SSSR count). The molecule has 2 aromatic heterocycles. The molecule has 0 atom stereocenters. The number of methoxy groups -OCH3 is 4. The second-order valence-electron chi connectivity index (χ2n) is 6.95. The minimum Gasteiger partial charge on any atom is -0.493 e. The maximum atomic E-state index is 5.51. The quantitative estimate of drug-likeness (QED) is 0.432. The molecule has 8 heteroatoms. The lowest BCUT2D eigenvalue weighted by Gasteiger charge is -2.14. The van der Waals surface area contributed by atoms with E-state index in [2.05, 4.69) is 4.98 Å². The van der Waals surface area contributed by atoms with E-state index in [0.717, 1.165) is 28.0 Å². The van der Waals surface area contributed by atoms with Crippen LogP contribution in [-0.2, 0) is 7.05 Å². The molecule has 8 nitrogen and oxygen atoms in total. The Kier molecular flexibility index (Phi) is 5.93. The van der Waals surface area contributed by atoms with E-state index in [-0.39, 0.29) is 0 Å². The first-order valence-corrected chi connectivity index (χ1v) is 9.89. The van der Waals surface area contributed by atoms with Crippen LogP contribution in [0.25, 0.3) is 34.3 Å². The normalized spacial score (nSPS) is 11.2. The van der Waals surface area contributed by atoms with Crippen molar-refractivity contribution in [3.8, 4) is 34.3 Å². The van der Waals surface area contributed by atoms with Crippen LogP contribution in [-0.4, -0.2) is 48.0 Å². The molecular weight excluding hydrogens is 408 g/mol. The Morgan fingerprint density at radius 3 is 2.12 bits per heavy atom. The monoisotopic (exact) mass is 432 g/mol. The minimum atomic E-state index is 0.539. The number of hydrogen-bond donors (Lipinski definition) is 0. The summed E-state index contributed by atoms with van der Waals surface area (Å²) >= 11 is 0. The van der Waals surface area contributed by atoms with Crippen LogP contribution in [0.4, 0.5) is 0 Å². The number of aromatic nitrogens is 4. The Balaban J connectivity index is 1.94. The van der Waals surface area contributed by atoms with Gasteiger partial charge in [-0.2, -0.15) is 0 Å². The first-order valence-electron chi connectivity index (χ1n) is 9.89. The molecule has 164 valence electrons. The highest BCUT2D eigenvalue weighted by Gasteiger charge is 2.16. The molecule has 0 spiro atoms. The Hall–Kier alpha value is -4.07. The van der Waals surface area contributed by atoms with Gasteiger partial charge in [0.1, 0.15) is 5.82 Å². The third-order valence-corrected chi connectivity index (χ3v) is 5.12. The van der Waals surface area contributed by atoms with Gasteiger partial charge in [-0.3, -0.25) is 0 Å². The summed E-state index contributed by atoms with van der Waals surface area (Å²) < 4.78 is 23.8. The lowest BCUT2D eigenvalue weighted by molar-refractivity contribution is 0.355. The van der Waals surface area contributed by atoms with E-state index in [9.17, 15) is 0 Å². The lowest BCUT2D eigenvalue weighted by Crippen LogP contribution is -1.98. The SMILES string of the molecule is COc1ccc(-c2nc(/C=C\c3nccn3C)nc3cc(OC)c(OC)cc23)cc1OC. The summed E-state index contributed by atoms with van der Waals surface area (Å²) in [5, 5.41) is 0.823. The van der Waals surface area contributed by atoms with E-state index >= 15 is 0 Å². The number of hydrogen-bond acceptors (Lipinski definition) is 7. The molecule has 0 fully saturated rings. The molecule has 0 aliphatic heterocycles. The van der Waals surface area contributed by atoms with Crippen molar-refractivity contribution in [3.63, 3.8) is 0 Å². The number of aryl methyl sites for hydroxylation is 1. The zero-order valence-electron chi connectivity index (χ0n) is 18.6. The molecule has 32 heavy (non-hydrogen) atoms. The van der Waals surface area contributed by atoms with E-state index in [1.165, 1.54) is 0 Å². The highest BCUT2D eigenvalue weighted by atomic mass is 16.5. The van der Waals surface area contributed by atoms with Crippen LogP contribution in [0.1, 0.15) is 11.6 Å². The molecule has 0 saturated heterocycles. The van der Waals surface area contributed by atoms with Crippen molar-refractivity contribution in [2.24, 2.45) is 7.05 Å². The average molecular weight is 432 g/mol. The van der Waals surface area contributed by atoms with Crippen molar-refractivity contribution in [2.75, 3.05) is 28.4 Å². The number of nitrogens with zero attached hydrogens (tertiary/aromatic N) is 4.